The molecule has 18 heteroatoms. The predicted octanol–water partition coefficient (Wildman–Crippen LogP) is 13.5. The number of phenolic OH excluding ortho intramolecular Hbond substituents is 3. The molecule has 2 heterocycles. The highest BCUT2D eigenvalue weighted by Crippen LogP contribution is 2.35. The minimum absolute atomic E-state index is 0.291. The van der Waals surface area contributed by atoms with E-state index in [0.29, 0.717) is 149 Å². The van der Waals surface area contributed by atoms with Crippen LogP contribution < -0.4 is 78.0 Å². The van der Waals surface area contributed by atoms with Crippen LogP contribution in [0.3, 0.4) is 0 Å². The van der Waals surface area contributed by atoms with Gasteiger partial charge in [-0.15, -0.1) is 0 Å². The zero-order chi connectivity index (χ0) is 74.2. The van der Waals surface area contributed by atoms with Gasteiger partial charge in [0.05, 0.1) is 19.8 Å². The fourth-order valence-electron chi connectivity index (χ4n) is 19.1. The van der Waals surface area contributed by atoms with Crippen molar-refractivity contribution in [3.8, 4) is 34.5 Å². The maximum Gasteiger partial charge on any atom is 0.128 e. The van der Waals surface area contributed by atoms with Crippen molar-refractivity contribution in [3.63, 3.8) is 0 Å². The summed E-state index contributed by atoms with van der Waals surface area (Å²) < 4.78 is 19.3. The van der Waals surface area contributed by atoms with Crippen LogP contribution in [0.15, 0.2) is 109 Å². The second-order valence-corrected chi connectivity index (χ2v) is 32.3. The van der Waals surface area contributed by atoms with Crippen molar-refractivity contribution in [1.29, 1.82) is 0 Å². The minimum atomic E-state index is 0.291. The van der Waals surface area contributed by atoms with Crippen LogP contribution in [0.1, 0.15) is 242 Å². The van der Waals surface area contributed by atoms with Gasteiger partial charge in [0, 0.05) is 218 Å². The molecule has 14 rings (SSSR count). The third-order valence-corrected chi connectivity index (χ3v) is 25.3. The standard InChI is InChI=1S/C48H72N6O3.C42H60N6O3/c1-4-55-46-34-16-13-17-35(46)29-50-41-23-8-10-25-43(41)52-31-37-19-15-21-39(48(37)57-6-3)33-54-45-27-12-11-26-44(45)53-32-38-20-14-18-36(47(38)56-5-2)30-51-42-24-9-7-22-40(42)49-28-34;49-40-28-10-7-12-30(40)24-45-36-18-3-4-19-37(36)47-26-32-14-9-15-33(42(32)51)27-48-39-21-6-5-20-38(39)46-25-31-13-8-11-29(41(31)50)23-44-35-17-2-1-16-34(35)43-22-28/h13-21,40-45,49-54H,4-12,22-33H2,1-3H3;7-15,34-39,43-51H,1-6,16-27H2. The van der Waals surface area contributed by atoms with Crippen molar-refractivity contribution in [2.75, 3.05) is 19.8 Å². The predicted molar refractivity (Wildman–Crippen MR) is 435 cm³/mol. The van der Waals surface area contributed by atoms with Crippen LogP contribution in [0.25, 0.3) is 0 Å². The molecule has 2 aliphatic heterocycles. The fraction of sp³-hybridized carbons (Fsp3) is 0.600. The van der Waals surface area contributed by atoms with E-state index in [4.69, 9.17) is 14.2 Å². The van der Waals surface area contributed by atoms with E-state index in [2.05, 4.69) is 157 Å². The highest BCUT2D eigenvalue weighted by atomic mass is 16.5. The molecule has 12 bridgehead atoms. The average molecular weight is 1480 g/mol. The van der Waals surface area contributed by atoms with Crippen molar-refractivity contribution in [1.82, 2.24) is 63.8 Å². The molecule has 6 aliphatic carbocycles. The van der Waals surface area contributed by atoms with Crippen molar-refractivity contribution in [2.45, 2.75) is 326 Å². The number of hydrogen-bond donors (Lipinski definition) is 15. The molecule has 0 spiro atoms. The molecule has 0 aromatic heterocycles. The molecule has 0 amide bonds. The Morgan fingerprint density at radius 3 is 0.463 bits per heavy atom. The normalized spacial score (nSPS) is 27.7. The van der Waals surface area contributed by atoms with Crippen LogP contribution in [0.4, 0.5) is 0 Å². The first-order valence-corrected chi connectivity index (χ1v) is 42.6. The number of ether oxygens (including phenoxy) is 3. The number of rotatable bonds is 6. The molecule has 6 saturated carbocycles. The van der Waals surface area contributed by atoms with Crippen molar-refractivity contribution < 1.29 is 29.5 Å². The molecule has 6 fully saturated rings. The summed E-state index contributed by atoms with van der Waals surface area (Å²) in [6.07, 6.45) is 28.3. The molecule has 108 heavy (non-hydrogen) atoms. The highest BCUT2D eigenvalue weighted by Gasteiger charge is 2.33. The van der Waals surface area contributed by atoms with Crippen molar-refractivity contribution in [3.05, 3.63) is 176 Å². The Morgan fingerprint density at radius 2 is 0.333 bits per heavy atom. The minimum Gasteiger partial charge on any atom is -0.507 e. The Morgan fingerprint density at radius 1 is 0.213 bits per heavy atom. The molecule has 8 aliphatic rings. The first-order valence-electron chi connectivity index (χ1n) is 42.6. The smallest absolute Gasteiger partial charge is 0.128 e. The first kappa shape index (κ1) is 79.7. The first-order chi connectivity index (χ1) is 53.2. The quantitative estimate of drug-likeness (QED) is 0.0743. The number of hydrogen-bond acceptors (Lipinski definition) is 18. The van der Waals surface area contributed by atoms with Gasteiger partial charge >= 0.3 is 0 Å². The summed E-state index contributed by atoms with van der Waals surface area (Å²) in [5, 5.41) is 80.9. The fourth-order valence-corrected chi connectivity index (χ4v) is 19.1. The van der Waals surface area contributed by atoms with Crippen LogP contribution in [0, 0.1) is 0 Å². The number of para-hydroxylation sites is 6. The van der Waals surface area contributed by atoms with E-state index in [1.54, 1.807) is 0 Å². The number of aromatic hydroxyl groups is 3. The topological polar surface area (TPSA) is 233 Å². The lowest BCUT2D eigenvalue weighted by Crippen LogP contribution is -2.49. The number of fused-ring (bicyclic) bond motifs is 18. The molecule has 6 aromatic carbocycles. The molecule has 0 saturated heterocycles. The SMILES string of the molecule is CCOc1c2cccc1CNC1CCCCC1NCc1cccc(c1OCC)CNC1CCCCC1NCc1cccc(c1OCC)CNC1CCCCC1NC2.Oc1c2cccc1CNC1CCCCC1NCc1cccc(c1O)CNC1CCCCC1NCc1cccc(c1O)CNC1CCCCC1NC2. The average Bonchev–Trinajstić information content (AvgIpc) is 0.881. The van der Waals surface area contributed by atoms with E-state index in [0.717, 1.165) is 128 Å². The zero-order valence-corrected chi connectivity index (χ0v) is 65.5. The molecular weight excluding hydrogens is 1350 g/mol. The molecule has 0 radical (unpaired) electrons. The van der Waals surface area contributed by atoms with Gasteiger partial charge in [-0.2, -0.15) is 0 Å². The summed E-state index contributed by atoms with van der Waals surface area (Å²) in [6.45, 7) is 16.7. The monoisotopic (exact) mass is 1480 g/mol. The summed E-state index contributed by atoms with van der Waals surface area (Å²) in [5.74, 6) is 4.24. The molecule has 588 valence electrons. The van der Waals surface area contributed by atoms with Crippen LogP contribution in [-0.2, 0) is 78.5 Å². The van der Waals surface area contributed by atoms with Gasteiger partial charge in [0.25, 0.3) is 0 Å². The van der Waals surface area contributed by atoms with E-state index >= 15 is 0 Å². The second-order valence-electron chi connectivity index (χ2n) is 32.3. The van der Waals surface area contributed by atoms with Crippen LogP contribution in [-0.4, -0.2) is 108 Å². The maximum absolute atomic E-state index is 11.4. The van der Waals surface area contributed by atoms with Gasteiger partial charge in [0.15, 0.2) is 0 Å². The van der Waals surface area contributed by atoms with Gasteiger partial charge in [0.1, 0.15) is 34.5 Å². The Balaban J connectivity index is 0.000000192. The van der Waals surface area contributed by atoms with Crippen molar-refractivity contribution in [2.24, 2.45) is 0 Å². The van der Waals surface area contributed by atoms with E-state index in [1.165, 1.54) is 149 Å². The molecule has 12 atom stereocenters. The lowest BCUT2D eigenvalue weighted by Gasteiger charge is -2.34. The van der Waals surface area contributed by atoms with Gasteiger partial charge in [-0.05, 0) is 97.8 Å². The van der Waals surface area contributed by atoms with Crippen molar-refractivity contribution >= 4 is 0 Å². The summed E-state index contributed by atoms with van der Waals surface area (Å²) in [7, 11) is 0. The van der Waals surface area contributed by atoms with E-state index in [-0.39, 0.29) is 0 Å². The largest absolute Gasteiger partial charge is 0.507 e. The second kappa shape index (κ2) is 41.2. The highest BCUT2D eigenvalue weighted by molar-refractivity contribution is 5.46. The third-order valence-electron chi connectivity index (χ3n) is 25.3. The van der Waals surface area contributed by atoms with Crippen LogP contribution >= 0.6 is 0 Å². The molecule has 6 aromatic rings. The zero-order valence-electron chi connectivity index (χ0n) is 65.5. The summed E-state index contributed by atoms with van der Waals surface area (Å²) >= 11 is 0. The maximum atomic E-state index is 11.4. The third kappa shape index (κ3) is 21.4. The number of nitrogens with one attached hydrogen (secondary N) is 12. The van der Waals surface area contributed by atoms with E-state index in [1.807, 2.05) is 36.4 Å². The van der Waals surface area contributed by atoms with E-state index in [9.17, 15) is 15.3 Å². The Labute approximate surface area is 646 Å². The van der Waals surface area contributed by atoms with Gasteiger partial charge in [-0.3, -0.25) is 0 Å². The van der Waals surface area contributed by atoms with Gasteiger partial charge in [-0.25, -0.2) is 0 Å². The van der Waals surface area contributed by atoms with E-state index < -0.39 is 0 Å². The summed E-state index contributed by atoms with van der Waals surface area (Å²) in [5.41, 5.74) is 13.0. The number of benzene rings is 6. The molecular formula is C90H132N12O6. The van der Waals surface area contributed by atoms with Gasteiger partial charge < -0.3 is 93.3 Å². The molecule has 12 unspecified atom stereocenters. The summed E-state index contributed by atoms with van der Waals surface area (Å²) in [6, 6.07) is 42.6. The Kier molecular flexibility index (Phi) is 30.4. The Bertz CT molecular complexity index is 3160. The summed E-state index contributed by atoms with van der Waals surface area (Å²) in [4.78, 5) is 0. The van der Waals surface area contributed by atoms with Gasteiger partial charge in [-0.1, -0.05) is 186 Å². The lowest BCUT2D eigenvalue weighted by atomic mass is 9.89. The van der Waals surface area contributed by atoms with Crippen LogP contribution in [0.5, 0.6) is 34.5 Å². The Hall–Kier alpha value is -6.36. The van der Waals surface area contributed by atoms with Gasteiger partial charge in [0.2, 0.25) is 0 Å². The molecule has 18 nitrogen and oxygen atoms in total. The number of phenols is 3. The van der Waals surface area contributed by atoms with Crippen LogP contribution in [0.2, 0.25) is 0 Å². The molecule has 15 N–H and O–H groups in total. The lowest BCUT2D eigenvalue weighted by molar-refractivity contribution is 0.272.